The first-order chi connectivity index (χ1) is 7.16. The molecule has 15 heavy (non-hydrogen) atoms. The fourth-order valence-electron chi connectivity index (χ4n) is 0.945. The van der Waals surface area contributed by atoms with Gasteiger partial charge in [0, 0.05) is 6.61 Å². The summed E-state index contributed by atoms with van der Waals surface area (Å²) in [4.78, 5) is 3.91. The third-order valence-corrected chi connectivity index (χ3v) is 2.43. The van der Waals surface area contributed by atoms with Crippen LogP contribution in [0.3, 0.4) is 0 Å². The lowest BCUT2D eigenvalue weighted by molar-refractivity contribution is 0.249. The third-order valence-electron chi connectivity index (χ3n) is 1.77. The Balaban J connectivity index is 2.58. The van der Waals surface area contributed by atoms with Gasteiger partial charge in [-0.25, -0.2) is 4.98 Å². The molecule has 1 aromatic heterocycles. The van der Waals surface area contributed by atoms with Crippen LogP contribution in [0.25, 0.3) is 0 Å². The van der Waals surface area contributed by atoms with Gasteiger partial charge in [-0.05, 0) is 12.8 Å². The number of hydrogen-bond acceptors (Lipinski definition) is 4. The van der Waals surface area contributed by atoms with Crippen LogP contribution in [-0.2, 0) is 0 Å². The van der Waals surface area contributed by atoms with Crippen LogP contribution in [0.15, 0.2) is 6.20 Å². The van der Waals surface area contributed by atoms with E-state index in [1.807, 2.05) is 0 Å². The fourth-order valence-corrected chi connectivity index (χ4v) is 1.34. The highest BCUT2D eigenvalue weighted by Gasteiger charge is 2.09. The molecule has 0 aliphatic heterocycles. The van der Waals surface area contributed by atoms with Crippen LogP contribution in [0.5, 0.6) is 5.88 Å². The predicted molar refractivity (Wildman–Crippen MR) is 60.5 cm³/mol. The number of aromatic nitrogens is 1. The van der Waals surface area contributed by atoms with E-state index in [0.717, 1.165) is 6.42 Å². The summed E-state index contributed by atoms with van der Waals surface area (Å²) in [6, 6.07) is 0. The minimum absolute atomic E-state index is 0.146. The summed E-state index contributed by atoms with van der Waals surface area (Å²) in [7, 11) is 0. The molecule has 1 heterocycles. The number of unbranched alkanes of at least 4 members (excludes halogenated alkanes) is 1. The number of rotatable bonds is 5. The number of aliphatic hydroxyl groups excluding tert-OH is 1. The highest BCUT2D eigenvalue weighted by molar-refractivity contribution is 6.39. The molecule has 1 aromatic rings. The number of halogens is 2. The second kappa shape index (κ2) is 6.00. The van der Waals surface area contributed by atoms with Gasteiger partial charge in [-0.15, -0.1) is 0 Å². The van der Waals surface area contributed by atoms with Crippen LogP contribution in [0, 0.1) is 0 Å². The van der Waals surface area contributed by atoms with Crippen molar-refractivity contribution in [1.29, 1.82) is 0 Å². The van der Waals surface area contributed by atoms with E-state index in [4.69, 9.17) is 38.8 Å². The Kier molecular flexibility index (Phi) is 4.94. The van der Waals surface area contributed by atoms with Crippen molar-refractivity contribution in [2.75, 3.05) is 18.9 Å². The molecule has 0 saturated heterocycles. The van der Waals surface area contributed by atoms with E-state index in [2.05, 4.69) is 4.98 Å². The number of nitrogen functional groups attached to an aromatic ring is 1. The molecule has 1 rings (SSSR count). The molecule has 0 aliphatic rings. The molecule has 6 heteroatoms. The Morgan fingerprint density at radius 3 is 2.80 bits per heavy atom. The minimum atomic E-state index is 0.146. The largest absolute Gasteiger partial charge is 0.477 e. The zero-order valence-electron chi connectivity index (χ0n) is 8.04. The van der Waals surface area contributed by atoms with Gasteiger partial charge in [-0.1, -0.05) is 23.2 Å². The van der Waals surface area contributed by atoms with Crippen molar-refractivity contribution in [3.05, 3.63) is 16.2 Å². The summed E-state index contributed by atoms with van der Waals surface area (Å²) in [5.74, 6) is 0.275. The lowest BCUT2D eigenvalue weighted by Gasteiger charge is -2.08. The van der Waals surface area contributed by atoms with E-state index in [-0.39, 0.29) is 23.2 Å². The molecular formula is C9H12Cl2N2O2. The zero-order chi connectivity index (χ0) is 11.3. The standard InChI is InChI=1S/C9H12Cl2N2O2/c10-6-5-13-9(7(11)8(6)12)15-4-2-1-3-14/h5,14H,1-4H2,(H2,12,13). The minimum Gasteiger partial charge on any atom is -0.477 e. The van der Waals surface area contributed by atoms with Crippen molar-refractivity contribution in [2.45, 2.75) is 12.8 Å². The van der Waals surface area contributed by atoms with E-state index in [1.54, 1.807) is 0 Å². The zero-order valence-corrected chi connectivity index (χ0v) is 9.55. The molecular weight excluding hydrogens is 239 g/mol. The van der Waals surface area contributed by atoms with E-state index >= 15 is 0 Å². The fraction of sp³-hybridized carbons (Fsp3) is 0.444. The first kappa shape index (κ1) is 12.4. The smallest absolute Gasteiger partial charge is 0.234 e. The van der Waals surface area contributed by atoms with Crippen LogP contribution in [0.1, 0.15) is 12.8 Å². The Morgan fingerprint density at radius 1 is 1.40 bits per heavy atom. The summed E-state index contributed by atoms with van der Waals surface area (Å²) in [6.45, 7) is 0.585. The Hall–Kier alpha value is -0.710. The van der Waals surface area contributed by atoms with Gasteiger partial charge in [0.2, 0.25) is 5.88 Å². The second-order valence-electron chi connectivity index (χ2n) is 2.92. The number of aliphatic hydroxyl groups is 1. The van der Waals surface area contributed by atoms with Crippen LogP contribution in [0.2, 0.25) is 10.0 Å². The van der Waals surface area contributed by atoms with Crippen LogP contribution < -0.4 is 10.5 Å². The van der Waals surface area contributed by atoms with Crippen molar-refractivity contribution in [2.24, 2.45) is 0 Å². The van der Waals surface area contributed by atoms with Crippen molar-refractivity contribution in [1.82, 2.24) is 4.98 Å². The van der Waals surface area contributed by atoms with Crippen molar-refractivity contribution in [3.8, 4) is 5.88 Å². The van der Waals surface area contributed by atoms with Gasteiger partial charge < -0.3 is 15.6 Å². The molecule has 84 valence electrons. The number of anilines is 1. The van der Waals surface area contributed by atoms with E-state index < -0.39 is 0 Å². The summed E-state index contributed by atoms with van der Waals surface area (Å²) in [5, 5.41) is 9.10. The molecule has 4 nitrogen and oxygen atoms in total. The normalized spacial score (nSPS) is 10.3. The Bertz CT molecular complexity index is 334. The molecule has 0 aromatic carbocycles. The third kappa shape index (κ3) is 3.41. The molecule has 3 N–H and O–H groups in total. The second-order valence-corrected chi connectivity index (χ2v) is 3.70. The highest BCUT2D eigenvalue weighted by atomic mass is 35.5. The van der Waals surface area contributed by atoms with Gasteiger partial charge in [0.05, 0.1) is 23.5 Å². The SMILES string of the molecule is Nc1c(Cl)cnc(OCCCCO)c1Cl. The molecule has 0 bridgehead atoms. The summed E-state index contributed by atoms with van der Waals surface area (Å²) in [5.41, 5.74) is 5.86. The molecule has 0 atom stereocenters. The van der Waals surface area contributed by atoms with Gasteiger partial charge in [0.1, 0.15) is 5.02 Å². The molecule has 0 fully saturated rings. The van der Waals surface area contributed by atoms with Crippen LogP contribution >= 0.6 is 23.2 Å². The van der Waals surface area contributed by atoms with E-state index in [1.165, 1.54) is 6.20 Å². The number of nitrogens with zero attached hydrogens (tertiary/aromatic N) is 1. The van der Waals surface area contributed by atoms with E-state index in [9.17, 15) is 0 Å². The highest BCUT2D eigenvalue weighted by Crippen LogP contribution is 2.33. The summed E-state index contributed by atoms with van der Waals surface area (Å²) < 4.78 is 5.28. The quantitative estimate of drug-likeness (QED) is 0.786. The maximum absolute atomic E-state index is 8.56. The monoisotopic (exact) mass is 250 g/mol. The number of pyridine rings is 1. The topological polar surface area (TPSA) is 68.4 Å². The Morgan fingerprint density at radius 2 is 2.13 bits per heavy atom. The first-order valence-electron chi connectivity index (χ1n) is 4.50. The van der Waals surface area contributed by atoms with Gasteiger partial charge in [-0.3, -0.25) is 0 Å². The van der Waals surface area contributed by atoms with Gasteiger partial charge >= 0.3 is 0 Å². The number of hydrogen-bond donors (Lipinski definition) is 2. The molecule has 0 radical (unpaired) electrons. The first-order valence-corrected chi connectivity index (χ1v) is 5.25. The maximum atomic E-state index is 8.56. The molecule has 0 amide bonds. The number of ether oxygens (including phenoxy) is 1. The van der Waals surface area contributed by atoms with Gasteiger partial charge in [0.25, 0.3) is 0 Å². The van der Waals surface area contributed by atoms with Crippen molar-refractivity contribution < 1.29 is 9.84 Å². The Labute approximate surface area is 98.0 Å². The lowest BCUT2D eigenvalue weighted by Crippen LogP contribution is -2.02. The molecule has 0 spiro atoms. The van der Waals surface area contributed by atoms with Crippen LogP contribution in [0.4, 0.5) is 5.69 Å². The molecule has 0 unspecified atom stereocenters. The molecule has 0 aliphatic carbocycles. The lowest BCUT2D eigenvalue weighted by atomic mass is 10.3. The van der Waals surface area contributed by atoms with Gasteiger partial charge in [-0.2, -0.15) is 0 Å². The predicted octanol–water partition coefficient (Wildman–Crippen LogP) is 2.12. The summed E-state index contributed by atoms with van der Waals surface area (Å²) >= 11 is 11.6. The number of nitrogens with two attached hydrogens (primary N) is 1. The van der Waals surface area contributed by atoms with Crippen molar-refractivity contribution >= 4 is 28.9 Å². The van der Waals surface area contributed by atoms with Crippen LogP contribution in [-0.4, -0.2) is 23.3 Å². The average Bonchev–Trinajstić information content (AvgIpc) is 2.24. The molecule has 0 saturated carbocycles. The van der Waals surface area contributed by atoms with Gasteiger partial charge in [0.15, 0.2) is 0 Å². The van der Waals surface area contributed by atoms with Crippen molar-refractivity contribution in [3.63, 3.8) is 0 Å². The maximum Gasteiger partial charge on any atom is 0.234 e. The average molecular weight is 251 g/mol. The summed E-state index contributed by atoms with van der Waals surface area (Å²) in [6.07, 6.45) is 2.81. The van der Waals surface area contributed by atoms with E-state index in [0.29, 0.717) is 18.1 Å².